The van der Waals surface area contributed by atoms with E-state index in [0.29, 0.717) is 18.1 Å². The number of hydrogen-bond donors (Lipinski definition) is 0. The summed E-state index contributed by atoms with van der Waals surface area (Å²) in [6.07, 6.45) is 1.92. The van der Waals surface area contributed by atoms with Crippen LogP contribution in [0.4, 0.5) is 4.79 Å². The number of benzene rings is 4. The molecule has 0 N–H and O–H groups in total. The number of imidazole rings is 1. The zero-order chi connectivity index (χ0) is 27.3. The molecule has 1 amide bonds. The van der Waals surface area contributed by atoms with Crippen LogP contribution in [-0.4, -0.2) is 25.0 Å². The van der Waals surface area contributed by atoms with E-state index in [1.54, 1.807) is 4.57 Å². The quantitative estimate of drug-likeness (QED) is 0.203. The van der Waals surface area contributed by atoms with E-state index in [1.807, 2.05) is 53.7 Å². The van der Waals surface area contributed by atoms with E-state index in [4.69, 9.17) is 16.6 Å². The third-order valence-corrected chi connectivity index (χ3v) is 8.40. The molecule has 0 aliphatic carbocycles. The van der Waals surface area contributed by atoms with Gasteiger partial charge in [-0.15, -0.1) is 0 Å². The summed E-state index contributed by atoms with van der Waals surface area (Å²) in [5.74, 6) is 0. The third-order valence-electron chi connectivity index (χ3n) is 8.07. The monoisotopic (exact) mass is 542 g/mol. The standard InChI is InChI=1S/C34H27ClN4O/c1-24-31(22-37-21-28-20-29-30(35)18-11-19-32(29)39(28)33(37)40)36-23-38(24)34(25-12-5-2-6-13-25,26-14-7-3-8-15-26)27-16-9-4-10-17-27/h2-20,23H,21-22H2,1H3. The first-order chi connectivity index (χ1) is 19.6. The Morgan fingerprint density at radius 3 is 1.95 bits per heavy atom. The Kier molecular flexibility index (Phi) is 5.83. The lowest BCUT2D eigenvalue weighted by molar-refractivity contribution is 0.207. The molecule has 0 atom stereocenters. The van der Waals surface area contributed by atoms with E-state index in [9.17, 15) is 4.79 Å². The van der Waals surface area contributed by atoms with E-state index in [1.165, 1.54) is 0 Å². The molecule has 196 valence electrons. The van der Waals surface area contributed by atoms with E-state index in [0.717, 1.165) is 44.7 Å². The fraction of sp³-hybridized carbons (Fsp3) is 0.118. The topological polar surface area (TPSA) is 43.1 Å². The van der Waals surface area contributed by atoms with E-state index < -0.39 is 5.54 Å². The Morgan fingerprint density at radius 1 is 0.800 bits per heavy atom. The molecule has 0 radical (unpaired) electrons. The summed E-state index contributed by atoms with van der Waals surface area (Å²) in [6, 6.07) is 39.3. The Morgan fingerprint density at radius 2 is 1.38 bits per heavy atom. The van der Waals surface area contributed by atoms with Crippen molar-refractivity contribution in [2.75, 3.05) is 0 Å². The average molecular weight is 543 g/mol. The van der Waals surface area contributed by atoms with Gasteiger partial charge in [0.25, 0.3) is 0 Å². The molecular formula is C34H27ClN4O. The molecular weight excluding hydrogens is 516 g/mol. The Labute approximate surface area is 237 Å². The van der Waals surface area contributed by atoms with E-state index >= 15 is 0 Å². The Hall–Kier alpha value is -4.61. The molecule has 0 spiro atoms. The van der Waals surface area contributed by atoms with Crippen molar-refractivity contribution in [3.05, 3.63) is 160 Å². The van der Waals surface area contributed by atoms with Gasteiger partial charge < -0.3 is 9.47 Å². The minimum atomic E-state index is -0.646. The van der Waals surface area contributed by atoms with Crippen molar-refractivity contribution in [2.45, 2.75) is 25.6 Å². The summed E-state index contributed by atoms with van der Waals surface area (Å²) in [5, 5.41) is 1.57. The number of carbonyl (C=O) groups is 1. The van der Waals surface area contributed by atoms with Crippen LogP contribution in [0.1, 0.15) is 33.8 Å². The minimum Gasteiger partial charge on any atom is -0.316 e. The summed E-state index contributed by atoms with van der Waals surface area (Å²) in [6.45, 7) is 3.02. The highest BCUT2D eigenvalue weighted by molar-refractivity contribution is 6.35. The maximum absolute atomic E-state index is 13.6. The first kappa shape index (κ1) is 24.4. The second kappa shape index (κ2) is 9.54. The normalized spacial score (nSPS) is 13.2. The van der Waals surface area contributed by atoms with Gasteiger partial charge in [-0.25, -0.2) is 9.78 Å². The van der Waals surface area contributed by atoms with Crippen LogP contribution in [-0.2, 0) is 18.6 Å². The molecule has 6 aromatic rings. The van der Waals surface area contributed by atoms with Gasteiger partial charge in [0.1, 0.15) is 5.54 Å². The summed E-state index contributed by atoms with van der Waals surface area (Å²) in [4.78, 5) is 20.3. The Bertz CT molecular complexity index is 1740. The predicted molar refractivity (Wildman–Crippen MR) is 159 cm³/mol. The van der Waals surface area contributed by atoms with Gasteiger partial charge in [0.2, 0.25) is 0 Å². The van der Waals surface area contributed by atoms with Gasteiger partial charge in [0.05, 0.1) is 30.6 Å². The number of hydrogen-bond acceptors (Lipinski definition) is 2. The number of nitrogens with zero attached hydrogens (tertiary/aromatic N) is 4. The summed E-state index contributed by atoms with van der Waals surface area (Å²) >= 11 is 6.40. The summed E-state index contributed by atoms with van der Waals surface area (Å²) in [5.41, 5.74) is 6.42. The van der Waals surface area contributed by atoms with Crippen molar-refractivity contribution in [1.29, 1.82) is 0 Å². The fourth-order valence-corrected chi connectivity index (χ4v) is 6.42. The largest absolute Gasteiger partial charge is 0.329 e. The molecule has 7 rings (SSSR count). The van der Waals surface area contributed by atoms with Crippen LogP contribution in [0.5, 0.6) is 0 Å². The zero-order valence-corrected chi connectivity index (χ0v) is 22.8. The first-order valence-corrected chi connectivity index (χ1v) is 13.7. The second-order valence-corrected chi connectivity index (χ2v) is 10.6. The fourth-order valence-electron chi connectivity index (χ4n) is 6.20. The van der Waals surface area contributed by atoms with Gasteiger partial charge >= 0.3 is 6.03 Å². The molecule has 1 aliphatic heterocycles. The number of carbonyl (C=O) groups excluding carboxylic acids is 1. The van der Waals surface area contributed by atoms with E-state index in [2.05, 4.69) is 84.3 Å². The van der Waals surface area contributed by atoms with Crippen molar-refractivity contribution in [3.63, 3.8) is 0 Å². The van der Waals surface area contributed by atoms with Gasteiger partial charge in [-0.1, -0.05) is 109 Å². The molecule has 1 aliphatic rings. The van der Waals surface area contributed by atoms with Crippen LogP contribution < -0.4 is 0 Å². The summed E-state index contributed by atoms with van der Waals surface area (Å²) < 4.78 is 4.04. The lowest BCUT2D eigenvalue weighted by Gasteiger charge is -2.38. The highest BCUT2D eigenvalue weighted by atomic mass is 35.5. The molecule has 40 heavy (non-hydrogen) atoms. The van der Waals surface area contributed by atoms with Crippen LogP contribution in [0.2, 0.25) is 5.02 Å². The van der Waals surface area contributed by atoms with Gasteiger partial charge in [-0.2, -0.15) is 0 Å². The minimum absolute atomic E-state index is 0.0540. The molecule has 2 aromatic heterocycles. The predicted octanol–water partition coefficient (Wildman–Crippen LogP) is 7.62. The molecule has 0 bridgehead atoms. The molecule has 0 saturated heterocycles. The molecule has 5 nitrogen and oxygen atoms in total. The van der Waals surface area contributed by atoms with E-state index in [-0.39, 0.29) is 6.03 Å². The van der Waals surface area contributed by atoms with Crippen LogP contribution in [0.3, 0.4) is 0 Å². The maximum Gasteiger partial charge on any atom is 0.329 e. The van der Waals surface area contributed by atoms with Crippen LogP contribution in [0, 0.1) is 6.92 Å². The highest BCUT2D eigenvalue weighted by Gasteiger charge is 2.40. The first-order valence-electron chi connectivity index (χ1n) is 13.4. The SMILES string of the molecule is Cc1c(CN2Cc3cc4c(Cl)cccc4n3C2=O)ncn1C(c1ccccc1)(c1ccccc1)c1ccccc1. The molecule has 0 unspecified atom stereocenters. The van der Waals surface area contributed by atoms with Gasteiger partial charge in [0.15, 0.2) is 0 Å². The average Bonchev–Trinajstić information content (AvgIpc) is 3.65. The van der Waals surface area contributed by atoms with Crippen molar-refractivity contribution < 1.29 is 4.79 Å². The smallest absolute Gasteiger partial charge is 0.316 e. The highest BCUT2D eigenvalue weighted by Crippen LogP contribution is 2.42. The van der Waals surface area contributed by atoms with Gasteiger partial charge in [-0.3, -0.25) is 4.57 Å². The van der Waals surface area contributed by atoms with Gasteiger partial charge in [-0.05, 0) is 41.8 Å². The van der Waals surface area contributed by atoms with Crippen LogP contribution in [0.15, 0.2) is 122 Å². The third kappa shape index (κ3) is 3.62. The number of aromatic nitrogens is 3. The lowest BCUT2D eigenvalue weighted by Crippen LogP contribution is -2.38. The number of amides is 1. The van der Waals surface area contributed by atoms with Crippen molar-refractivity contribution >= 4 is 28.5 Å². The number of fused-ring (bicyclic) bond motifs is 3. The maximum atomic E-state index is 13.6. The van der Waals surface area contributed by atoms with Gasteiger partial charge in [0, 0.05) is 21.8 Å². The van der Waals surface area contributed by atoms with Crippen molar-refractivity contribution in [1.82, 2.24) is 19.0 Å². The molecule has 4 aromatic carbocycles. The van der Waals surface area contributed by atoms with Crippen molar-refractivity contribution in [3.8, 4) is 0 Å². The molecule has 0 saturated carbocycles. The number of rotatable bonds is 6. The van der Waals surface area contributed by atoms with Crippen LogP contribution >= 0.6 is 11.6 Å². The molecule has 3 heterocycles. The second-order valence-electron chi connectivity index (χ2n) is 10.2. The lowest BCUT2D eigenvalue weighted by atomic mass is 9.76. The Balaban J connectivity index is 1.34. The molecule has 0 fully saturated rings. The summed E-state index contributed by atoms with van der Waals surface area (Å²) in [7, 11) is 0. The number of halogens is 1. The van der Waals surface area contributed by atoms with Crippen molar-refractivity contribution in [2.24, 2.45) is 0 Å². The molecule has 6 heteroatoms. The van der Waals surface area contributed by atoms with Crippen LogP contribution in [0.25, 0.3) is 10.9 Å². The zero-order valence-electron chi connectivity index (χ0n) is 22.0.